The van der Waals surface area contributed by atoms with Crippen molar-refractivity contribution in [1.82, 2.24) is 4.90 Å². The largest absolute Gasteiger partial charge is 0.481 e. The van der Waals surface area contributed by atoms with Gasteiger partial charge < -0.3 is 10.0 Å². The van der Waals surface area contributed by atoms with Crippen LogP contribution in [0.2, 0.25) is 0 Å². The molecule has 0 saturated carbocycles. The maximum absolute atomic E-state index is 12.9. The van der Waals surface area contributed by atoms with Crippen LogP contribution in [0.4, 0.5) is 0 Å². The molecule has 0 spiro atoms. The third-order valence-corrected chi connectivity index (χ3v) is 4.55. The predicted molar refractivity (Wildman–Crippen MR) is 90.5 cm³/mol. The third kappa shape index (κ3) is 5.08. The number of likely N-dealkylation sites (tertiary alicyclic amines) is 1. The summed E-state index contributed by atoms with van der Waals surface area (Å²) in [6, 6.07) is 7.54. The molecular formula is C19H27NO3. The number of nitrogens with zero attached hydrogens (tertiary/aromatic N) is 1. The molecule has 1 saturated heterocycles. The molecule has 2 rings (SSSR count). The van der Waals surface area contributed by atoms with Crippen molar-refractivity contribution in [1.29, 1.82) is 0 Å². The van der Waals surface area contributed by atoms with Crippen molar-refractivity contribution in [2.75, 3.05) is 13.1 Å². The smallest absolute Gasteiger partial charge is 0.307 e. The highest BCUT2D eigenvalue weighted by Crippen LogP contribution is 2.26. The van der Waals surface area contributed by atoms with Gasteiger partial charge in [0.25, 0.3) is 0 Å². The topological polar surface area (TPSA) is 57.6 Å². The summed E-state index contributed by atoms with van der Waals surface area (Å²) in [7, 11) is 0. The van der Waals surface area contributed by atoms with Crippen LogP contribution >= 0.6 is 0 Å². The Kier molecular flexibility index (Phi) is 6.63. The SMILES string of the molecule is CCCCC(C(=O)N1CCCCC1)c1ccc(CC(=O)O)cc1. The van der Waals surface area contributed by atoms with Gasteiger partial charge in [-0.3, -0.25) is 9.59 Å². The van der Waals surface area contributed by atoms with Crippen molar-refractivity contribution in [2.24, 2.45) is 0 Å². The highest BCUT2D eigenvalue weighted by atomic mass is 16.4. The summed E-state index contributed by atoms with van der Waals surface area (Å²) in [5.41, 5.74) is 1.80. The number of amides is 1. The second-order valence-electron chi connectivity index (χ2n) is 6.39. The first-order chi connectivity index (χ1) is 11.1. The fraction of sp³-hybridized carbons (Fsp3) is 0.579. The zero-order valence-electron chi connectivity index (χ0n) is 14.0. The minimum atomic E-state index is -0.829. The molecule has 4 heteroatoms. The maximum Gasteiger partial charge on any atom is 0.307 e. The van der Waals surface area contributed by atoms with Crippen molar-refractivity contribution in [3.8, 4) is 0 Å². The van der Waals surface area contributed by atoms with Crippen molar-refractivity contribution in [3.63, 3.8) is 0 Å². The van der Waals surface area contributed by atoms with Crippen LogP contribution in [0.5, 0.6) is 0 Å². The fourth-order valence-corrected chi connectivity index (χ4v) is 3.22. The highest BCUT2D eigenvalue weighted by Gasteiger charge is 2.26. The van der Waals surface area contributed by atoms with Crippen LogP contribution in [0.15, 0.2) is 24.3 Å². The van der Waals surface area contributed by atoms with Crippen molar-refractivity contribution in [3.05, 3.63) is 35.4 Å². The van der Waals surface area contributed by atoms with Crippen LogP contribution in [0.3, 0.4) is 0 Å². The lowest BCUT2D eigenvalue weighted by Gasteiger charge is -2.30. The quantitative estimate of drug-likeness (QED) is 0.836. The molecule has 1 fully saturated rings. The molecule has 0 aliphatic carbocycles. The van der Waals surface area contributed by atoms with Crippen LogP contribution in [0.25, 0.3) is 0 Å². The highest BCUT2D eigenvalue weighted by molar-refractivity contribution is 5.84. The number of unbranched alkanes of at least 4 members (excludes halogenated alkanes) is 1. The molecule has 0 bridgehead atoms. The number of hydrogen-bond donors (Lipinski definition) is 1. The van der Waals surface area contributed by atoms with E-state index in [1.807, 2.05) is 29.2 Å². The Labute approximate surface area is 138 Å². The Bertz CT molecular complexity index is 518. The van der Waals surface area contributed by atoms with Crippen LogP contribution in [-0.2, 0) is 16.0 Å². The average molecular weight is 317 g/mol. The van der Waals surface area contributed by atoms with Gasteiger partial charge in [0, 0.05) is 13.1 Å². The van der Waals surface area contributed by atoms with E-state index in [1.54, 1.807) is 0 Å². The summed E-state index contributed by atoms with van der Waals surface area (Å²) < 4.78 is 0. The Balaban J connectivity index is 2.12. The minimum absolute atomic E-state index is 0.0278. The van der Waals surface area contributed by atoms with Gasteiger partial charge >= 0.3 is 5.97 Å². The summed E-state index contributed by atoms with van der Waals surface area (Å²) in [6.45, 7) is 3.88. The predicted octanol–water partition coefficient (Wildman–Crippen LogP) is 3.60. The van der Waals surface area contributed by atoms with Gasteiger partial charge in [0.15, 0.2) is 0 Å². The Hall–Kier alpha value is -1.84. The third-order valence-electron chi connectivity index (χ3n) is 4.55. The van der Waals surface area contributed by atoms with Gasteiger partial charge in [0.2, 0.25) is 5.91 Å². The number of hydrogen-bond acceptors (Lipinski definition) is 2. The summed E-state index contributed by atoms with van der Waals surface area (Å²) >= 11 is 0. The molecule has 1 amide bonds. The molecule has 1 atom stereocenters. The van der Waals surface area contributed by atoms with E-state index in [0.717, 1.165) is 56.3 Å². The van der Waals surface area contributed by atoms with Gasteiger partial charge in [-0.05, 0) is 36.8 Å². The number of carbonyl (C=O) groups is 2. The number of aliphatic carboxylic acids is 1. The standard InChI is InChI=1S/C19H27NO3/c1-2-3-7-17(19(23)20-12-5-4-6-13-20)16-10-8-15(9-11-16)14-18(21)22/h8-11,17H,2-7,12-14H2,1H3,(H,21,22). The van der Waals surface area contributed by atoms with Crippen LogP contribution in [0.1, 0.15) is 62.5 Å². The zero-order chi connectivity index (χ0) is 16.7. The summed E-state index contributed by atoms with van der Waals surface area (Å²) in [6.07, 6.45) is 6.41. The van der Waals surface area contributed by atoms with Gasteiger partial charge in [0.1, 0.15) is 0 Å². The molecule has 1 aromatic carbocycles. The van der Waals surface area contributed by atoms with E-state index >= 15 is 0 Å². The normalized spacial score (nSPS) is 16.1. The molecule has 1 aromatic rings. The van der Waals surface area contributed by atoms with E-state index in [9.17, 15) is 9.59 Å². The van der Waals surface area contributed by atoms with E-state index in [0.29, 0.717) is 0 Å². The summed E-state index contributed by atoms with van der Waals surface area (Å²) in [5.74, 6) is -0.680. The van der Waals surface area contributed by atoms with Gasteiger partial charge in [-0.1, -0.05) is 44.0 Å². The summed E-state index contributed by atoms with van der Waals surface area (Å²) in [5, 5.41) is 8.86. The Morgan fingerprint density at radius 3 is 2.35 bits per heavy atom. The molecule has 0 radical (unpaired) electrons. The van der Waals surface area contributed by atoms with Crippen molar-refractivity contribution in [2.45, 2.75) is 57.8 Å². The molecule has 1 unspecified atom stereocenters. The van der Waals surface area contributed by atoms with E-state index in [4.69, 9.17) is 5.11 Å². The van der Waals surface area contributed by atoms with E-state index in [2.05, 4.69) is 6.92 Å². The monoisotopic (exact) mass is 317 g/mol. The first-order valence-electron chi connectivity index (χ1n) is 8.71. The first-order valence-corrected chi connectivity index (χ1v) is 8.71. The van der Waals surface area contributed by atoms with Crippen LogP contribution < -0.4 is 0 Å². The molecule has 1 aliphatic rings. The molecule has 126 valence electrons. The van der Waals surface area contributed by atoms with Gasteiger partial charge in [-0.15, -0.1) is 0 Å². The van der Waals surface area contributed by atoms with E-state index in [1.165, 1.54) is 6.42 Å². The van der Waals surface area contributed by atoms with Crippen LogP contribution in [0, 0.1) is 0 Å². The number of carboxylic acids is 1. The number of carboxylic acid groups (broad SMARTS) is 1. The second kappa shape index (κ2) is 8.70. The zero-order valence-corrected chi connectivity index (χ0v) is 14.0. The molecule has 1 N–H and O–H groups in total. The van der Waals surface area contributed by atoms with Gasteiger partial charge in [-0.2, -0.15) is 0 Å². The Morgan fingerprint density at radius 1 is 1.13 bits per heavy atom. The molecule has 4 nitrogen and oxygen atoms in total. The van der Waals surface area contributed by atoms with E-state index in [-0.39, 0.29) is 18.2 Å². The molecule has 1 heterocycles. The van der Waals surface area contributed by atoms with Crippen molar-refractivity contribution >= 4 is 11.9 Å². The van der Waals surface area contributed by atoms with Crippen LogP contribution in [-0.4, -0.2) is 35.0 Å². The number of piperidine rings is 1. The maximum atomic E-state index is 12.9. The lowest BCUT2D eigenvalue weighted by atomic mass is 9.90. The number of benzene rings is 1. The van der Waals surface area contributed by atoms with Gasteiger partial charge in [0.05, 0.1) is 12.3 Å². The minimum Gasteiger partial charge on any atom is -0.481 e. The molecule has 0 aromatic heterocycles. The summed E-state index contributed by atoms with van der Waals surface area (Å²) in [4.78, 5) is 25.7. The Morgan fingerprint density at radius 2 is 1.78 bits per heavy atom. The fourth-order valence-electron chi connectivity index (χ4n) is 3.22. The van der Waals surface area contributed by atoms with Gasteiger partial charge in [-0.25, -0.2) is 0 Å². The molecular weight excluding hydrogens is 290 g/mol. The number of rotatable bonds is 7. The molecule has 1 aliphatic heterocycles. The first kappa shape index (κ1) is 17.5. The molecule has 23 heavy (non-hydrogen) atoms. The average Bonchev–Trinajstić information content (AvgIpc) is 2.56. The second-order valence-corrected chi connectivity index (χ2v) is 6.39. The van der Waals surface area contributed by atoms with E-state index < -0.39 is 5.97 Å². The van der Waals surface area contributed by atoms with Crippen molar-refractivity contribution < 1.29 is 14.7 Å². The lowest BCUT2D eigenvalue weighted by molar-refractivity contribution is -0.136. The lowest BCUT2D eigenvalue weighted by Crippen LogP contribution is -2.38. The number of carbonyl (C=O) groups excluding carboxylic acids is 1.